The van der Waals surface area contributed by atoms with Gasteiger partial charge in [-0.2, -0.15) is 8.42 Å². The van der Waals surface area contributed by atoms with Crippen molar-refractivity contribution in [3.8, 4) is 0 Å². The van der Waals surface area contributed by atoms with Crippen LogP contribution in [0.25, 0.3) is 0 Å². The molecular formula is C29H46O10S. The van der Waals surface area contributed by atoms with Crippen LogP contribution in [0.15, 0.2) is 11.6 Å². The Labute approximate surface area is 237 Å². The van der Waals surface area contributed by atoms with Crippen LogP contribution in [0.5, 0.6) is 0 Å². The third-order valence-electron chi connectivity index (χ3n) is 12.6. The van der Waals surface area contributed by atoms with Gasteiger partial charge in [-0.1, -0.05) is 25.5 Å². The van der Waals surface area contributed by atoms with Gasteiger partial charge in [-0.05, 0) is 82.5 Å². The van der Waals surface area contributed by atoms with Crippen molar-refractivity contribution in [3.63, 3.8) is 0 Å². The summed E-state index contributed by atoms with van der Waals surface area (Å²) in [5, 5.41) is 34.1. The van der Waals surface area contributed by atoms with E-state index >= 15 is 0 Å². The van der Waals surface area contributed by atoms with E-state index < -0.39 is 56.5 Å². The molecule has 0 bridgehead atoms. The maximum absolute atomic E-state index is 13.6. The molecule has 1 aliphatic heterocycles. The first kappa shape index (κ1) is 30.5. The van der Waals surface area contributed by atoms with Crippen LogP contribution in [0.1, 0.15) is 86.0 Å². The molecule has 4 N–H and O–H groups in total. The monoisotopic (exact) mass is 586 g/mol. The van der Waals surface area contributed by atoms with Crippen LogP contribution in [0, 0.1) is 34.5 Å². The highest BCUT2D eigenvalue weighted by Crippen LogP contribution is 2.68. The molecule has 1 heterocycles. The lowest BCUT2D eigenvalue weighted by Crippen LogP contribution is -2.67. The molecule has 1 saturated heterocycles. The number of methoxy groups -OCH3 is 1. The van der Waals surface area contributed by atoms with Crippen LogP contribution in [-0.2, 0) is 28.9 Å². The minimum atomic E-state index is -4.65. The quantitative estimate of drug-likeness (QED) is 0.279. The fraction of sp³-hybridized carbons (Fsp3) is 0.897. The fourth-order valence-electron chi connectivity index (χ4n) is 9.61. The van der Waals surface area contributed by atoms with Gasteiger partial charge in [0.05, 0.1) is 23.2 Å². The Morgan fingerprint density at radius 1 is 1.07 bits per heavy atom. The summed E-state index contributed by atoms with van der Waals surface area (Å²) in [6, 6.07) is 0. The summed E-state index contributed by atoms with van der Waals surface area (Å²) in [6.07, 6.45) is 3.28. The van der Waals surface area contributed by atoms with Crippen molar-refractivity contribution in [2.75, 3.05) is 7.11 Å². The van der Waals surface area contributed by atoms with Gasteiger partial charge >= 0.3 is 10.4 Å². The summed E-state index contributed by atoms with van der Waals surface area (Å²) < 4.78 is 48.2. The van der Waals surface area contributed by atoms with Gasteiger partial charge in [-0.15, -0.1) is 0 Å². The Morgan fingerprint density at radius 3 is 2.35 bits per heavy atom. The summed E-state index contributed by atoms with van der Waals surface area (Å²) in [5.41, 5.74) is -4.03. The van der Waals surface area contributed by atoms with Crippen LogP contribution in [0.2, 0.25) is 0 Å². The molecule has 1 unspecified atom stereocenters. The molecule has 10 nitrogen and oxygen atoms in total. The standard InChI is InChI=1S/C29H46O10S/c1-16(22-15-26(3,37-6)28(5,32)24(31)38-22)29(33)12-10-20-19-8-7-17-13-18(39-40(34,35)36)14-23(30)27(17,4)21(19)9-11-25(20,29)2/h7,16,18-22,24,31-33H,8-15H2,1-6H3,(H,34,35,36)/t16-,18-,19+,20+,21+,22-,24?,25+,26-,27+,28-,29+/m1/s1. The van der Waals surface area contributed by atoms with Crippen LogP contribution < -0.4 is 0 Å². The van der Waals surface area contributed by atoms with Crippen LogP contribution in [0.4, 0.5) is 0 Å². The SMILES string of the molecule is CO[C@]1(C)C[C@H]([C@@H](C)[C@@]2(O)CC[C@H]3[C@@H]4CC=C5C[C@@H](OS(=O)(=O)O)CC(=O)[C@]5(C)[C@H]4CC[C@@]32C)OC(O)[C@@]1(C)O. The number of carbonyl (C=O) groups excluding carboxylic acids is 1. The van der Waals surface area contributed by atoms with Crippen molar-refractivity contribution in [3.05, 3.63) is 11.6 Å². The number of fused-ring (bicyclic) bond motifs is 5. The summed E-state index contributed by atoms with van der Waals surface area (Å²) in [6.45, 7) is 9.35. The first-order valence-corrected chi connectivity index (χ1v) is 15.9. The third-order valence-corrected chi connectivity index (χ3v) is 13.1. The second-order valence-corrected chi connectivity index (χ2v) is 15.1. The maximum atomic E-state index is 13.6. The second kappa shape index (κ2) is 9.54. The van der Waals surface area contributed by atoms with Crippen molar-refractivity contribution in [1.82, 2.24) is 0 Å². The molecule has 12 atom stereocenters. The molecule has 228 valence electrons. The fourth-order valence-corrected chi connectivity index (χ4v) is 10.1. The van der Waals surface area contributed by atoms with E-state index in [0.717, 1.165) is 31.3 Å². The van der Waals surface area contributed by atoms with Crippen molar-refractivity contribution in [2.45, 2.75) is 121 Å². The van der Waals surface area contributed by atoms with Crippen molar-refractivity contribution < 1.29 is 46.7 Å². The molecule has 40 heavy (non-hydrogen) atoms. The van der Waals surface area contributed by atoms with Gasteiger partial charge in [0.25, 0.3) is 0 Å². The molecule has 3 saturated carbocycles. The predicted octanol–water partition coefficient (Wildman–Crippen LogP) is 2.95. The lowest BCUT2D eigenvalue weighted by Gasteiger charge is -2.60. The smallest absolute Gasteiger partial charge is 0.389 e. The Bertz CT molecular complexity index is 1180. The number of hydrogen-bond donors (Lipinski definition) is 4. The average molecular weight is 587 g/mol. The zero-order valence-corrected chi connectivity index (χ0v) is 25.2. The number of aliphatic hydroxyl groups excluding tert-OH is 1. The topological polar surface area (TPSA) is 160 Å². The van der Waals surface area contributed by atoms with E-state index in [4.69, 9.17) is 18.2 Å². The number of Topliss-reactive ketones (excluding diaryl/α,β-unsaturated/α-hetero) is 1. The zero-order chi connectivity index (χ0) is 29.7. The summed E-state index contributed by atoms with van der Waals surface area (Å²) in [5.74, 6) is 0.00762. The van der Waals surface area contributed by atoms with Gasteiger partial charge in [-0.25, -0.2) is 4.18 Å². The molecule has 0 amide bonds. The first-order chi connectivity index (χ1) is 18.3. The van der Waals surface area contributed by atoms with Gasteiger partial charge in [0.2, 0.25) is 0 Å². The van der Waals surface area contributed by atoms with Crippen LogP contribution in [0.3, 0.4) is 0 Å². The lowest BCUT2D eigenvalue weighted by molar-refractivity contribution is -0.338. The van der Waals surface area contributed by atoms with E-state index in [-0.39, 0.29) is 42.3 Å². The number of carbonyl (C=O) groups is 1. The second-order valence-electron chi connectivity index (χ2n) is 14.0. The number of rotatable bonds is 5. The number of aliphatic hydroxyl groups is 3. The molecule has 0 aromatic carbocycles. The average Bonchev–Trinajstić information content (AvgIpc) is 3.13. The van der Waals surface area contributed by atoms with E-state index in [2.05, 4.69) is 13.0 Å². The normalized spacial score (nSPS) is 51.9. The van der Waals surface area contributed by atoms with Gasteiger partial charge in [0.15, 0.2) is 6.29 Å². The Morgan fingerprint density at radius 2 is 1.73 bits per heavy atom. The molecule has 0 aromatic heterocycles. The number of hydrogen-bond acceptors (Lipinski definition) is 9. The minimum Gasteiger partial charge on any atom is -0.389 e. The predicted molar refractivity (Wildman–Crippen MR) is 144 cm³/mol. The molecule has 5 aliphatic rings. The Balaban J connectivity index is 1.40. The Hall–Kier alpha value is -0.920. The molecule has 4 aliphatic carbocycles. The largest absolute Gasteiger partial charge is 0.397 e. The van der Waals surface area contributed by atoms with Gasteiger partial charge in [0.1, 0.15) is 17.0 Å². The molecule has 4 fully saturated rings. The van der Waals surface area contributed by atoms with Gasteiger partial charge in [0, 0.05) is 25.9 Å². The highest BCUT2D eigenvalue weighted by atomic mass is 32.3. The molecule has 0 radical (unpaired) electrons. The van der Waals surface area contributed by atoms with Crippen molar-refractivity contribution in [1.29, 1.82) is 0 Å². The van der Waals surface area contributed by atoms with E-state index in [1.165, 1.54) is 14.0 Å². The van der Waals surface area contributed by atoms with Crippen LogP contribution in [-0.4, -0.2) is 76.5 Å². The summed E-state index contributed by atoms with van der Waals surface area (Å²) in [7, 11) is -3.15. The first-order valence-electron chi connectivity index (χ1n) is 14.6. The maximum Gasteiger partial charge on any atom is 0.397 e. The highest BCUT2D eigenvalue weighted by molar-refractivity contribution is 7.80. The van der Waals surface area contributed by atoms with E-state index in [1.54, 1.807) is 6.92 Å². The molecule has 0 spiro atoms. The highest BCUT2D eigenvalue weighted by Gasteiger charge is 2.68. The van der Waals surface area contributed by atoms with Crippen molar-refractivity contribution in [2.24, 2.45) is 34.5 Å². The van der Waals surface area contributed by atoms with E-state index in [9.17, 15) is 28.5 Å². The zero-order valence-electron chi connectivity index (χ0n) is 24.4. The molecule has 5 rings (SSSR count). The number of ketones is 1. The third kappa shape index (κ3) is 4.21. The minimum absolute atomic E-state index is 0.0610. The van der Waals surface area contributed by atoms with Crippen LogP contribution >= 0.6 is 0 Å². The van der Waals surface area contributed by atoms with E-state index in [0.29, 0.717) is 12.8 Å². The molecule has 11 heteroatoms. The number of ether oxygens (including phenoxy) is 2. The van der Waals surface area contributed by atoms with E-state index in [1.807, 2.05) is 13.8 Å². The molecule has 0 aromatic rings. The van der Waals surface area contributed by atoms with Crippen molar-refractivity contribution >= 4 is 16.2 Å². The Kier molecular flexibility index (Phi) is 7.28. The van der Waals surface area contributed by atoms with Gasteiger partial charge < -0.3 is 24.8 Å². The molecular weight excluding hydrogens is 540 g/mol. The summed E-state index contributed by atoms with van der Waals surface area (Å²) in [4.78, 5) is 13.6. The number of allylic oxidation sites excluding steroid dienone is 1. The summed E-state index contributed by atoms with van der Waals surface area (Å²) >= 11 is 0. The lowest BCUT2D eigenvalue weighted by atomic mass is 9.46. The van der Waals surface area contributed by atoms with Gasteiger partial charge in [-0.3, -0.25) is 9.35 Å².